The summed E-state index contributed by atoms with van der Waals surface area (Å²) in [4.78, 5) is 40.9. The maximum absolute atomic E-state index is 13.6. The molecular formula is C25H30FN3O5. The van der Waals surface area contributed by atoms with Gasteiger partial charge >= 0.3 is 11.8 Å². The predicted molar refractivity (Wildman–Crippen MR) is 121 cm³/mol. The van der Waals surface area contributed by atoms with Gasteiger partial charge in [0.1, 0.15) is 17.6 Å². The van der Waals surface area contributed by atoms with Gasteiger partial charge in [-0.25, -0.2) is 4.39 Å². The lowest BCUT2D eigenvalue weighted by atomic mass is 10.0. The number of carbonyl (C=O) groups excluding carboxylic acids is 3. The molecule has 1 aliphatic carbocycles. The summed E-state index contributed by atoms with van der Waals surface area (Å²) >= 11 is 0. The number of hydrogen-bond acceptors (Lipinski definition) is 5. The molecule has 2 heterocycles. The van der Waals surface area contributed by atoms with Crippen LogP contribution in [0.15, 0.2) is 47.1 Å². The largest absolute Gasteiger partial charge is 0.467 e. The Kier molecular flexibility index (Phi) is 7.95. The van der Waals surface area contributed by atoms with Crippen LogP contribution in [0.25, 0.3) is 0 Å². The second-order valence-corrected chi connectivity index (χ2v) is 8.80. The first-order valence-corrected chi connectivity index (χ1v) is 11.8. The van der Waals surface area contributed by atoms with E-state index in [1.165, 1.54) is 35.4 Å². The summed E-state index contributed by atoms with van der Waals surface area (Å²) in [6.45, 7) is 0.833. The van der Waals surface area contributed by atoms with Gasteiger partial charge in [-0.15, -0.1) is 0 Å². The molecule has 34 heavy (non-hydrogen) atoms. The molecule has 2 aromatic rings. The lowest BCUT2D eigenvalue weighted by Crippen LogP contribution is -2.50. The zero-order valence-corrected chi connectivity index (χ0v) is 19.0. The van der Waals surface area contributed by atoms with Crippen molar-refractivity contribution in [2.24, 2.45) is 0 Å². The number of ether oxygens (including phenoxy) is 1. The third-order valence-corrected chi connectivity index (χ3v) is 6.33. The van der Waals surface area contributed by atoms with Gasteiger partial charge in [-0.2, -0.15) is 0 Å². The van der Waals surface area contributed by atoms with E-state index in [0.29, 0.717) is 17.9 Å². The van der Waals surface area contributed by atoms with E-state index >= 15 is 0 Å². The van der Waals surface area contributed by atoms with Crippen LogP contribution in [0.2, 0.25) is 0 Å². The summed E-state index contributed by atoms with van der Waals surface area (Å²) in [5.41, 5.74) is 0.389. The molecule has 1 saturated heterocycles. The Labute approximate surface area is 197 Å². The zero-order chi connectivity index (χ0) is 23.9. The van der Waals surface area contributed by atoms with Crippen molar-refractivity contribution < 1.29 is 27.9 Å². The van der Waals surface area contributed by atoms with E-state index in [1.807, 2.05) is 0 Å². The summed E-state index contributed by atoms with van der Waals surface area (Å²) in [7, 11) is 0. The highest BCUT2D eigenvalue weighted by atomic mass is 19.1. The third kappa shape index (κ3) is 6.02. The molecule has 2 N–H and O–H groups in total. The number of nitrogens with one attached hydrogen (secondary N) is 2. The number of hydrogen-bond donors (Lipinski definition) is 2. The second-order valence-electron chi connectivity index (χ2n) is 8.80. The summed E-state index contributed by atoms with van der Waals surface area (Å²) < 4.78 is 24.6. The zero-order valence-electron chi connectivity index (χ0n) is 19.0. The van der Waals surface area contributed by atoms with Crippen LogP contribution in [0.5, 0.6) is 0 Å². The van der Waals surface area contributed by atoms with E-state index in [-0.39, 0.29) is 25.2 Å². The number of halogens is 1. The maximum atomic E-state index is 13.6. The molecule has 1 aromatic carbocycles. The molecule has 182 valence electrons. The number of furan rings is 1. The van der Waals surface area contributed by atoms with Gasteiger partial charge in [0, 0.05) is 19.2 Å². The minimum atomic E-state index is -1.16. The summed E-state index contributed by atoms with van der Waals surface area (Å²) in [5, 5.41) is 5.65. The number of amides is 3. The van der Waals surface area contributed by atoms with Crippen molar-refractivity contribution in [3.8, 4) is 0 Å². The number of benzene rings is 1. The van der Waals surface area contributed by atoms with Gasteiger partial charge in [-0.3, -0.25) is 14.4 Å². The number of rotatable bonds is 8. The first kappa shape index (κ1) is 23.9. The van der Waals surface area contributed by atoms with E-state index in [1.54, 1.807) is 12.1 Å². The predicted octanol–water partition coefficient (Wildman–Crippen LogP) is 2.84. The van der Waals surface area contributed by atoms with Crippen LogP contribution in [0.3, 0.4) is 0 Å². The van der Waals surface area contributed by atoms with Crippen molar-refractivity contribution in [2.75, 3.05) is 13.2 Å². The Bertz CT molecular complexity index is 967. The van der Waals surface area contributed by atoms with E-state index in [4.69, 9.17) is 9.15 Å². The Morgan fingerprint density at radius 1 is 1.06 bits per heavy atom. The van der Waals surface area contributed by atoms with Crippen LogP contribution in [-0.2, 0) is 25.7 Å². The van der Waals surface area contributed by atoms with Crippen molar-refractivity contribution in [1.82, 2.24) is 15.5 Å². The monoisotopic (exact) mass is 471 g/mol. The fourth-order valence-electron chi connectivity index (χ4n) is 4.53. The Morgan fingerprint density at radius 2 is 1.82 bits per heavy atom. The number of nitrogens with zero attached hydrogens (tertiary/aromatic N) is 1. The molecule has 0 spiro atoms. The van der Waals surface area contributed by atoms with Crippen LogP contribution in [0, 0.1) is 5.82 Å². The van der Waals surface area contributed by atoms with E-state index in [2.05, 4.69) is 10.6 Å². The summed E-state index contributed by atoms with van der Waals surface area (Å²) in [6.07, 6.45) is 6.75. The molecule has 3 amide bonds. The van der Waals surface area contributed by atoms with Gasteiger partial charge in [0.15, 0.2) is 0 Å². The molecule has 8 nitrogen and oxygen atoms in total. The highest BCUT2D eigenvalue weighted by molar-refractivity contribution is 6.35. The van der Waals surface area contributed by atoms with Crippen molar-refractivity contribution in [1.29, 1.82) is 0 Å². The van der Waals surface area contributed by atoms with E-state index < -0.39 is 29.6 Å². The third-order valence-electron chi connectivity index (χ3n) is 6.33. The summed E-state index contributed by atoms with van der Waals surface area (Å²) in [5.74, 6) is -2.13. The van der Waals surface area contributed by atoms with Crippen LogP contribution in [0.4, 0.5) is 4.39 Å². The minimum Gasteiger partial charge on any atom is -0.467 e. The first-order valence-electron chi connectivity index (χ1n) is 11.8. The van der Waals surface area contributed by atoms with E-state index in [0.717, 1.165) is 38.5 Å². The normalized spacial score (nSPS) is 19.0. The standard InChI is InChI=1S/C25H30FN3O5/c26-18-11-9-17(10-12-18)22(23(30)27-15-20-7-3-13-33-20)29(16-21-8-4-14-34-21)25(32)24(31)28-19-5-1-2-6-19/h4,8-12,14,19-20,22H,1-3,5-7,13,15-16H2,(H,27,30)(H,28,31)/t20-,22-/m1/s1. The average Bonchev–Trinajstić information content (AvgIpc) is 3.62. The lowest BCUT2D eigenvalue weighted by molar-refractivity contribution is -0.151. The van der Waals surface area contributed by atoms with E-state index in [9.17, 15) is 18.8 Å². The van der Waals surface area contributed by atoms with Gasteiger partial charge < -0.3 is 24.7 Å². The molecule has 2 fully saturated rings. The quantitative estimate of drug-likeness (QED) is 0.577. The molecule has 1 aromatic heterocycles. The molecule has 0 bridgehead atoms. The molecule has 2 aliphatic rings. The Hall–Kier alpha value is -3.20. The Morgan fingerprint density at radius 3 is 2.47 bits per heavy atom. The second kappa shape index (κ2) is 11.3. The Balaban J connectivity index is 1.61. The molecule has 1 saturated carbocycles. The first-order chi connectivity index (χ1) is 16.5. The van der Waals surface area contributed by atoms with Gasteiger partial charge in [0.25, 0.3) is 0 Å². The highest BCUT2D eigenvalue weighted by Crippen LogP contribution is 2.25. The molecule has 1 aliphatic heterocycles. The van der Waals surface area contributed by atoms with Crippen molar-refractivity contribution in [3.63, 3.8) is 0 Å². The average molecular weight is 472 g/mol. The fourth-order valence-corrected chi connectivity index (χ4v) is 4.53. The number of carbonyl (C=O) groups is 3. The molecule has 0 radical (unpaired) electrons. The molecule has 2 atom stereocenters. The van der Waals surface area contributed by atoms with Crippen LogP contribution >= 0.6 is 0 Å². The van der Waals surface area contributed by atoms with Crippen LogP contribution in [0.1, 0.15) is 55.9 Å². The summed E-state index contributed by atoms with van der Waals surface area (Å²) in [6, 6.07) is 7.47. The lowest BCUT2D eigenvalue weighted by Gasteiger charge is -2.31. The van der Waals surface area contributed by atoms with Gasteiger partial charge in [-0.05, 0) is 55.5 Å². The topological polar surface area (TPSA) is 101 Å². The molecule has 0 unspecified atom stereocenters. The van der Waals surface area contributed by atoms with Gasteiger partial charge in [0.05, 0.1) is 18.9 Å². The van der Waals surface area contributed by atoms with Gasteiger partial charge in [-0.1, -0.05) is 25.0 Å². The smallest absolute Gasteiger partial charge is 0.313 e. The molecular weight excluding hydrogens is 441 g/mol. The molecule has 4 rings (SSSR count). The van der Waals surface area contributed by atoms with Crippen molar-refractivity contribution in [2.45, 2.75) is 63.3 Å². The van der Waals surface area contributed by atoms with Crippen LogP contribution in [-0.4, -0.2) is 47.9 Å². The minimum absolute atomic E-state index is 0.0560. The highest BCUT2D eigenvalue weighted by Gasteiger charge is 2.36. The van der Waals surface area contributed by atoms with Gasteiger partial charge in [0.2, 0.25) is 5.91 Å². The fraction of sp³-hybridized carbons (Fsp3) is 0.480. The molecule has 9 heteroatoms. The van der Waals surface area contributed by atoms with Crippen LogP contribution < -0.4 is 10.6 Å². The maximum Gasteiger partial charge on any atom is 0.313 e. The van der Waals surface area contributed by atoms with Crippen molar-refractivity contribution >= 4 is 17.7 Å². The SMILES string of the molecule is O=C(NC1CCCC1)C(=O)N(Cc1ccco1)[C@@H](C(=O)NC[C@H]1CCCO1)c1ccc(F)cc1. The van der Waals surface area contributed by atoms with Crippen molar-refractivity contribution in [3.05, 3.63) is 59.8 Å².